The highest BCUT2D eigenvalue weighted by molar-refractivity contribution is 5.96. The molecule has 0 fully saturated rings. The van der Waals surface area contributed by atoms with Crippen molar-refractivity contribution in [3.63, 3.8) is 0 Å². The number of hydrogen-bond donors (Lipinski definition) is 2. The van der Waals surface area contributed by atoms with Crippen LogP contribution in [0.5, 0.6) is 0 Å². The average molecular weight is 267 g/mol. The second-order valence-electron chi connectivity index (χ2n) is 4.29. The predicted molar refractivity (Wildman–Crippen MR) is 69.9 cm³/mol. The van der Waals surface area contributed by atoms with Crippen molar-refractivity contribution in [1.82, 2.24) is 15.5 Å². The van der Waals surface area contributed by atoms with Gasteiger partial charge in [0.15, 0.2) is 0 Å². The number of nitrogens with zero attached hydrogens (tertiary/aromatic N) is 1. The summed E-state index contributed by atoms with van der Waals surface area (Å²) < 4.78 is 13.0. The molecule has 1 atom stereocenters. The molecule has 0 aliphatic carbocycles. The molecule has 1 aromatic carbocycles. The minimum absolute atomic E-state index is 0.312. The van der Waals surface area contributed by atoms with Crippen molar-refractivity contribution in [2.45, 2.75) is 19.5 Å². The third-order valence-corrected chi connectivity index (χ3v) is 2.83. The van der Waals surface area contributed by atoms with E-state index in [0.29, 0.717) is 6.54 Å². The van der Waals surface area contributed by atoms with E-state index in [1.54, 1.807) is 31.0 Å². The first-order valence-corrected chi connectivity index (χ1v) is 5.91. The van der Waals surface area contributed by atoms with E-state index in [0.717, 1.165) is 5.56 Å². The number of carbonyl (C=O) groups excluding carboxylic acids is 2. The zero-order valence-electron chi connectivity index (χ0n) is 11.2. The van der Waals surface area contributed by atoms with E-state index in [2.05, 4.69) is 10.6 Å². The van der Waals surface area contributed by atoms with Crippen LogP contribution in [0.15, 0.2) is 24.3 Å². The lowest BCUT2D eigenvalue weighted by atomic mass is 10.2. The molecule has 0 bridgehead atoms. The van der Waals surface area contributed by atoms with Gasteiger partial charge in [0.05, 0.1) is 6.04 Å². The highest BCUT2D eigenvalue weighted by Crippen LogP contribution is 2.08. The maximum atomic E-state index is 13.0. The molecule has 0 radical (unpaired) electrons. The summed E-state index contributed by atoms with van der Waals surface area (Å²) >= 11 is 0. The maximum Gasteiger partial charge on any atom is 0.321 e. The number of rotatable bonds is 4. The van der Waals surface area contributed by atoms with E-state index in [9.17, 15) is 14.0 Å². The van der Waals surface area contributed by atoms with Gasteiger partial charge in [-0.05, 0) is 31.7 Å². The zero-order chi connectivity index (χ0) is 14.4. The van der Waals surface area contributed by atoms with Gasteiger partial charge >= 0.3 is 6.03 Å². The first-order chi connectivity index (χ1) is 8.93. The smallest absolute Gasteiger partial charge is 0.321 e. The van der Waals surface area contributed by atoms with Crippen LogP contribution < -0.4 is 10.6 Å². The van der Waals surface area contributed by atoms with Gasteiger partial charge in [0.1, 0.15) is 5.82 Å². The molecular formula is C13H18FN3O2. The summed E-state index contributed by atoms with van der Waals surface area (Å²) in [4.78, 5) is 24.5. The van der Waals surface area contributed by atoms with Gasteiger partial charge in [0, 0.05) is 13.6 Å². The predicted octanol–water partition coefficient (Wildman–Crippen LogP) is 1.10. The number of amides is 3. The summed E-state index contributed by atoms with van der Waals surface area (Å²) in [7, 11) is 3.17. The van der Waals surface area contributed by atoms with Crippen LogP contribution in [0.1, 0.15) is 12.5 Å². The molecule has 1 rings (SSSR count). The molecule has 5 nitrogen and oxygen atoms in total. The van der Waals surface area contributed by atoms with Gasteiger partial charge in [0.2, 0.25) is 5.91 Å². The van der Waals surface area contributed by atoms with Crippen molar-refractivity contribution in [3.05, 3.63) is 35.6 Å². The summed E-state index contributed by atoms with van der Waals surface area (Å²) in [6.07, 6.45) is 0. The van der Waals surface area contributed by atoms with E-state index >= 15 is 0 Å². The number of nitrogens with one attached hydrogen (secondary N) is 2. The first-order valence-electron chi connectivity index (χ1n) is 5.91. The summed E-state index contributed by atoms with van der Waals surface area (Å²) in [5, 5.41) is 4.51. The number of halogens is 1. The SMILES string of the molecule is CNC(=O)NC(=O)[C@@H](C)N(C)Cc1cccc(F)c1. The van der Waals surface area contributed by atoms with Crippen LogP contribution in [-0.2, 0) is 11.3 Å². The standard InChI is InChI=1S/C13H18FN3O2/c1-9(12(18)16-13(19)15-2)17(3)8-10-5-4-6-11(14)7-10/h4-7,9H,8H2,1-3H3,(H2,15,16,18,19)/t9-/m1/s1. The van der Waals surface area contributed by atoms with Gasteiger partial charge in [-0.2, -0.15) is 0 Å². The summed E-state index contributed by atoms with van der Waals surface area (Å²) in [5.74, 6) is -0.716. The van der Waals surface area contributed by atoms with Crippen LogP contribution >= 0.6 is 0 Å². The molecule has 19 heavy (non-hydrogen) atoms. The maximum absolute atomic E-state index is 13.0. The number of urea groups is 1. The van der Waals surface area contributed by atoms with Gasteiger partial charge in [-0.15, -0.1) is 0 Å². The van der Waals surface area contributed by atoms with E-state index < -0.39 is 18.0 Å². The number of hydrogen-bond acceptors (Lipinski definition) is 3. The molecule has 3 amide bonds. The molecule has 0 saturated carbocycles. The Morgan fingerprint density at radius 1 is 1.42 bits per heavy atom. The lowest BCUT2D eigenvalue weighted by molar-refractivity contribution is -0.124. The van der Waals surface area contributed by atoms with Crippen molar-refractivity contribution in [2.75, 3.05) is 14.1 Å². The topological polar surface area (TPSA) is 61.4 Å². The molecule has 0 saturated heterocycles. The molecule has 0 aliphatic heterocycles. The van der Waals surface area contributed by atoms with Crippen molar-refractivity contribution < 1.29 is 14.0 Å². The molecule has 2 N–H and O–H groups in total. The van der Waals surface area contributed by atoms with Gasteiger partial charge in [0.25, 0.3) is 0 Å². The fourth-order valence-corrected chi connectivity index (χ4v) is 1.54. The van der Waals surface area contributed by atoms with E-state index in [-0.39, 0.29) is 5.82 Å². The molecular weight excluding hydrogens is 249 g/mol. The van der Waals surface area contributed by atoms with Crippen LogP contribution in [0.25, 0.3) is 0 Å². The van der Waals surface area contributed by atoms with Crippen LogP contribution in [0.3, 0.4) is 0 Å². The minimum Gasteiger partial charge on any atom is -0.341 e. The van der Waals surface area contributed by atoms with Gasteiger partial charge in [-0.1, -0.05) is 12.1 Å². The zero-order valence-corrected chi connectivity index (χ0v) is 11.2. The van der Waals surface area contributed by atoms with Crippen molar-refractivity contribution in [1.29, 1.82) is 0 Å². The third-order valence-electron chi connectivity index (χ3n) is 2.83. The second-order valence-corrected chi connectivity index (χ2v) is 4.29. The van der Waals surface area contributed by atoms with Crippen LogP contribution in [0.4, 0.5) is 9.18 Å². The molecule has 1 aromatic rings. The molecule has 0 aliphatic rings. The Morgan fingerprint density at radius 3 is 2.68 bits per heavy atom. The molecule has 0 spiro atoms. The van der Waals surface area contributed by atoms with Crippen molar-refractivity contribution in [2.24, 2.45) is 0 Å². The number of imide groups is 1. The lowest BCUT2D eigenvalue weighted by Crippen LogP contribution is -2.47. The molecule has 104 valence electrons. The third kappa shape index (κ3) is 4.67. The number of likely N-dealkylation sites (N-methyl/N-ethyl adjacent to an activating group) is 1. The Labute approximate surface area is 111 Å². The molecule has 0 aromatic heterocycles. The number of carbonyl (C=O) groups is 2. The molecule has 6 heteroatoms. The summed E-state index contributed by atoms with van der Waals surface area (Å²) in [5.41, 5.74) is 0.766. The quantitative estimate of drug-likeness (QED) is 0.859. The fourth-order valence-electron chi connectivity index (χ4n) is 1.54. The fraction of sp³-hybridized carbons (Fsp3) is 0.385. The Balaban J connectivity index is 2.59. The van der Waals surface area contributed by atoms with Crippen LogP contribution in [0.2, 0.25) is 0 Å². The van der Waals surface area contributed by atoms with Gasteiger partial charge in [-0.25, -0.2) is 9.18 Å². The monoisotopic (exact) mass is 267 g/mol. The van der Waals surface area contributed by atoms with E-state index in [4.69, 9.17) is 0 Å². The average Bonchev–Trinajstić information content (AvgIpc) is 2.37. The Hall–Kier alpha value is -1.95. The first kappa shape index (κ1) is 15.1. The van der Waals surface area contributed by atoms with E-state index in [1.807, 2.05) is 0 Å². The van der Waals surface area contributed by atoms with Crippen LogP contribution in [-0.4, -0.2) is 37.0 Å². The van der Waals surface area contributed by atoms with Gasteiger partial charge < -0.3 is 5.32 Å². The van der Waals surface area contributed by atoms with Gasteiger partial charge in [-0.3, -0.25) is 15.0 Å². The second kappa shape index (κ2) is 6.84. The summed E-state index contributed by atoms with van der Waals surface area (Å²) in [6.45, 7) is 2.09. The highest BCUT2D eigenvalue weighted by Gasteiger charge is 2.19. The molecule has 0 heterocycles. The largest absolute Gasteiger partial charge is 0.341 e. The van der Waals surface area contributed by atoms with E-state index in [1.165, 1.54) is 19.2 Å². The normalized spacial score (nSPS) is 12.1. The Morgan fingerprint density at radius 2 is 2.11 bits per heavy atom. The van der Waals surface area contributed by atoms with Crippen LogP contribution in [0, 0.1) is 5.82 Å². The Kier molecular flexibility index (Phi) is 5.44. The van der Waals surface area contributed by atoms with Crippen molar-refractivity contribution >= 4 is 11.9 Å². The van der Waals surface area contributed by atoms with Crippen molar-refractivity contribution in [3.8, 4) is 0 Å². The summed E-state index contributed by atoms with van der Waals surface area (Å²) in [6, 6.07) is 5.14. The highest BCUT2D eigenvalue weighted by atomic mass is 19.1. The number of benzene rings is 1. The minimum atomic E-state index is -0.545. The lowest BCUT2D eigenvalue weighted by Gasteiger charge is -2.23. The molecule has 0 unspecified atom stereocenters. The Bertz CT molecular complexity index is 465.